The SMILES string of the molecule is COc1ccc(C(=O)Nc2nnc(CC(=O)N/N=C\c3ccc([N+](=O)[O-])cc3)s2)cc1. The third-order valence-corrected chi connectivity index (χ3v) is 4.70. The summed E-state index contributed by atoms with van der Waals surface area (Å²) < 4.78 is 5.05. The first-order valence-electron chi connectivity index (χ1n) is 8.79. The molecule has 0 saturated carbocycles. The molecule has 2 aromatic carbocycles. The minimum absolute atomic E-state index is 0.0349. The summed E-state index contributed by atoms with van der Waals surface area (Å²) in [5.41, 5.74) is 3.32. The number of ether oxygens (including phenoxy) is 1. The van der Waals surface area contributed by atoms with Crippen molar-refractivity contribution in [1.29, 1.82) is 0 Å². The van der Waals surface area contributed by atoms with E-state index in [0.717, 1.165) is 11.3 Å². The lowest BCUT2D eigenvalue weighted by Crippen LogP contribution is -2.19. The van der Waals surface area contributed by atoms with Crippen molar-refractivity contribution < 1.29 is 19.2 Å². The van der Waals surface area contributed by atoms with E-state index in [1.54, 1.807) is 24.3 Å². The highest BCUT2D eigenvalue weighted by Crippen LogP contribution is 2.18. The molecule has 0 saturated heterocycles. The highest BCUT2D eigenvalue weighted by Gasteiger charge is 2.12. The summed E-state index contributed by atoms with van der Waals surface area (Å²) in [5.74, 6) is -0.151. The lowest BCUT2D eigenvalue weighted by Gasteiger charge is -2.02. The first-order valence-corrected chi connectivity index (χ1v) is 9.60. The second-order valence-electron chi connectivity index (χ2n) is 6.00. The van der Waals surface area contributed by atoms with Gasteiger partial charge < -0.3 is 4.74 Å². The van der Waals surface area contributed by atoms with Crippen LogP contribution in [0.15, 0.2) is 53.6 Å². The lowest BCUT2D eigenvalue weighted by molar-refractivity contribution is -0.384. The Balaban J connectivity index is 1.49. The zero-order chi connectivity index (χ0) is 22.2. The van der Waals surface area contributed by atoms with Crippen molar-refractivity contribution in [2.45, 2.75) is 6.42 Å². The van der Waals surface area contributed by atoms with Crippen LogP contribution in [0.2, 0.25) is 0 Å². The zero-order valence-corrected chi connectivity index (χ0v) is 17.0. The van der Waals surface area contributed by atoms with Gasteiger partial charge in [-0.05, 0) is 42.0 Å². The topological polar surface area (TPSA) is 149 Å². The molecule has 0 unspecified atom stereocenters. The molecular weight excluding hydrogens is 424 g/mol. The van der Waals surface area contributed by atoms with E-state index in [4.69, 9.17) is 4.74 Å². The summed E-state index contributed by atoms with van der Waals surface area (Å²) >= 11 is 1.07. The molecule has 1 heterocycles. The van der Waals surface area contributed by atoms with E-state index in [9.17, 15) is 19.7 Å². The first kappa shape index (κ1) is 21.5. The molecular formula is C19H16N6O5S. The van der Waals surface area contributed by atoms with Crippen molar-refractivity contribution >= 4 is 40.2 Å². The number of methoxy groups -OCH3 is 1. The summed E-state index contributed by atoms with van der Waals surface area (Å²) in [6, 6.07) is 12.3. The van der Waals surface area contributed by atoms with Gasteiger partial charge in [-0.15, -0.1) is 10.2 Å². The number of hydrazone groups is 1. The molecule has 3 rings (SSSR count). The van der Waals surface area contributed by atoms with Crippen LogP contribution in [-0.2, 0) is 11.2 Å². The van der Waals surface area contributed by atoms with E-state index >= 15 is 0 Å². The monoisotopic (exact) mass is 440 g/mol. The normalized spacial score (nSPS) is 10.6. The van der Waals surface area contributed by atoms with Crippen LogP contribution in [0.3, 0.4) is 0 Å². The predicted molar refractivity (Wildman–Crippen MR) is 113 cm³/mol. The van der Waals surface area contributed by atoms with E-state index in [1.807, 2.05) is 0 Å². The van der Waals surface area contributed by atoms with Gasteiger partial charge in [0.25, 0.3) is 11.6 Å². The fraction of sp³-hybridized carbons (Fsp3) is 0.105. The number of aromatic nitrogens is 2. The molecule has 3 aromatic rings. The van der Waals surface area contributed by atoms with Crippen LogP contribution in [0, 0.1) is 10.1 Å². The predicted octanol–water partition coefficient (Wildman–Crippen LogP) is 2.40. The molecule has 0 aliphatic heterocycles. The number of nitro groups is 1. The maximum absolute atomic E-state index is 12.2. The number of nitrogens with zero attached hydrogens (tertiary/aromatic N) is 4. The Kier molecular flexibility index (Phi) is 6.96. The molecule has 0 spiro atoms. The molecule has 158 valence electrons. The average molecular weight is 440 g/mol. The van der Waals surface area contributed by atoms with Crippen molar-refractivity contribution in [2.24, 2.45) is 5.10 Å². The number of carbonyl (C=O) groups excluding carboxylic acids is 2. The minimum Gasteiger partial charge on any atom is -0.497 e. The van der Waals surface area contributed by atoms with Crippen molar-refractivity contribution in [3.8, 4) is 5.75 Å². The van der Waals surface area contributed by atoms with Crippen LogP contribution in [0.25, 0.3) is 0 Å². The number of benzene rings is 2. The van der Waals surface area contributed by atoms with Gasteiger partial charge >= 0.3 is 0 Å². The van der Waals surface area contributed by atoms with Gasteiger partial charge in [0.05, 0.1) is 24.7 Å². The number of anilines is 1. The van der Waals surface area contributed by atoms with Gasteiger partial charge in [0.2, 0.25) is 11.0 Å². The largest absolute Gasteiger partial charge is 0.497 e. The van der Waals surface area contributed by atoms with Gasteiger partial charge in [-0.1, -0.05) is 11.3 Å². The van der Waals surface area contributed by atoms with Gasteiger partial charge in [-0.25, -0.2) is 5.43 Å². The molecule has 0 radical (unpaired) electrons. The Morgan fingerprint density at radius 2 is 1.87 bits per heavy atom. The molecule has 1 aromatic heterocycles. The number of hydrogen-bond acceptors (Lipinski definition) is 9. The summed E-state index contributed by atoms with van der Waals surface area (Å²) in [5, 5.41) is 25.4. The maximum atomic E-state index is 12.2. The quantitative estimate of drug-likeness (QED) is 0.310. The van der Waals surface area contributed by atoms with Crippen LogP contribution in [0.1, 0.15) is 20.9 Å². The summed E-state index contributed by atoms with van der Waals surface area (Å²) in [6.07, 6.45) is 1.29. The number of nitro benzene ring substituents is 1. The number of carbonyl (C=O) groups is 2. The molecule has 11 nitrogen and oxygen atoms in total. The zero-order valence-electron chi connectivity index (χ0n) is 16.1. The van der Waals surface area contributed by atoms with Gasteiger partial charge in [0, 0.05) is 17.7 Å². The molecule has 0 atom stereocenters. The highest BCUT2D eigenvalue weighted by atomic mass is 32.1. The number of rotatable bonds is 8. The van der Waals surface area contributed by atoms with Gasteiger partial charge in [-0.2, -0.15) is 5.10 Å². The van der Waals surface area contributed by atoms with E-state index in [2.05, 4.69) is 26.0 Å². The first-order chi connectivity index (χ1) is 14.9. The van der Waals surface area contributed by atoms with Crippen molar-refractivity contribution in [1.82, 2.24) is 15.6 Å². The highest BCUT2D eigenvalue weighted by molar-refractivity contribution is 7.15. The molecule has 12 heteroatoms. The minimum atomic E-state index is -0.502. The summed E-state index contributed by atoms with van der Waals surface area (Å²) in [7, 11) is 1.54. The standard InChI is InChI=1S/C19H16N6O5S/c1-30-15-8-4-13(5-9-15)18(27)21-19-24-23-17(31-19)10-16(26)22-20-11-12-2-6-14(7-3-12)25(28)29/h2-9,11H,10H2,1H3,(H,22,26)(H,21,24,27)/b20-11-. The van der Waals surface area contributed by atoms with Crippen LogP contribution in [0.5, 0.6) is 5.75 Å². The number of nitrogens with one attached hydrogen (secondary N) is 2. The smallest absolute Gasteiger partial charge is 0.269 e. The Hall–Kier alpha value is -4.19. The van der Waals surface area contributed by atoms with E-state index in [1.165, 1.54) is 37.6 Å². The van der Waals surface area contributed by atoms with Crippen LogP contribution < -0.4 is 15.5 Å². The lowest BCUT2D eigenvalue weighted by atomic mass is 10.2. The third-order valence-electron chi connectivity index (χ3n) is 3.86. The molecule has 0 bridgehead atoms. The maximum Gasteiger partial charge on any atom is 0.269 e. The summed E-state index contributed by atoms with van der Waals surface area (Å²) in [6.45, 7) is 0. The fourth-order valence-corrected chi connectivity index (χ4v) is 3.06. The molecule has 2 amide bonds. The average Bonchev–Trinajstić information content (AvgIpc) is 3.20. The fourth-order valence-electron chi connectivity index (χ4n) is 2.33. The van der Waals surface area contributed by atoms with Crippen LogP contribution in [-0.4, -0.2) is 40.3 Å². The molecule has 31 heavy (non-hydrogen) atoms. The number of non-ortho nitro benzene ring substituents is 1. The van der Waals surface area contributed by atoms with E-state index in [0.29, 0.717) is 21.9 Å². The number of hydrogen-bond donors (Lipinski definition) is 2. The van der Waals surface area contributed by atoms with Crippen molar-refractivity contribution in [3.05, 3.63) is 74.8 Å². The summed E-state index contributed by atoms with van der Waals surface area (Å²) in [4.78, 5) is 34.3. The molecule has 0 fully saturated rings. The third kappa shape index (κ3) is 6.14. The molecule has 0 aliphatic rings. The second kappa shape index (κ2) is 10.0. The Morgan fingerprint density at radius 1 is 1.16 bits per heavy atom. The molecule has 2 N–H and O–H groups in total. The Labute approximate surface area is 179 Å². The Morgan fingerprint density at radius 3 is 2.52 bits per heavy atom. The van der Waals surface area contributed by atoms with E-state index < -0.39 is 10.8 Å². The van der Waals surface area contributed by atoms with Crippen molar-refractivity contribution in [2.75, 3.05) is 12.4 Å². The Bertz CT molecular complexity index is 1110. The van der Waals surface area contributed by atoms with Gasteiger partial charge in [0.15, 0.2) is 0 Å². The molecule has 0 aliphatic carbocycles. The number of amides is 2. The van der Waals surface area contributed by atoms with Crippen LogP contribution >= 0.6 is 11.3 Å². The second-order valence-corrected chi connectivity index (χ2v) is 7.06. The van der Waals surface area contributed by atoms with E-state index in [-0.39, 0.29) is 23.1 Å². The van der Waals surface area contributed by atoms with Crippen LogP contribution in [0.4, 0.5) is 10.8 Å². The van der Waals surface area contributed by atoms with Gasteiger partial charge in [0.1, 0.15) is 10.8 Å². The van der Waals surface area contributed by atoms with Crippen molar-refractivity contribution in [3.63, 3.8) is 0 Å². The van der Waals surface area contributed by atoms with Gasteiger partial charge in [-0.3, -0.25) is 25.0 Å².